The van der Waals surface area contributed by atoms with Crippen LogP contribution in [-0.2, 0) is 9.59 Å². The predicted octanol–water partition coefficient (Wildman–Crippen LogP) is -2.51. The van der Waals surface area contributed by atoms with Crippen molar-refractivity contribution in [3.8, 4) is 0 Å². The maximum Gasteiger partial charge on any atom is 0.322 e. The van der Waals surface area contributed by atoms with E-state index in [1.54, 1.807) is 0 Å². The molecule has 0 aromatic carbocycles. The number of nitrogens with one attached hydrogen (secondary N) is 2. The number of carboxylic acid groups (broad SMARTS) is 1. The molecule has 0 bridgehead atoms. The number of primary amides is 1. The summed E-state index contributed by atoms with van der Waals surface area (Å²) in [6.45, 7) is 1.08. The van der Waals surface area contributed by atoms with E-state index in [-0.39, 0.29) is 0 Å². The van der Waals surface area contributed by atoms with Crippen molar-refractivity contribution in [2.24, 2.45) is 5.73 Å². The minimum absolute atomic E-state index is 0.529. The predicted molar refractivity (Wildman–Crippen MR) is 40.4 cm³/mol. The Balaban J connectivity index is 2.67. The third kappa shape index (κ3) is 1.72. The third-order valence-electron chi connectivity index (χ3n) is 1.76. The maximum atomic E-state index is 10.7. The lowest BCUT2D eigenvalue weighted by Gasteiger charge is -2.28. The Morgan fingerprint density at radius 3 is 2.08 bits per heavy atom. The van der Waals surface area contributed by atoms with Gasteiger partial charge in [-0.15, -0.1) is 0 Å². The van der Waals surface area contributed by atoms with Crippen molar-refractivity contribution in [3.05, 3.63) is 0 Å². The number of carboxylic acids is 1. The SMILES string of the molecule is NC(=O)[C@H]1NCCN[C@H]1C(=O)O. The van der Waals surface area contributed by atoms with E-state index in [1.807, 2.05) is 0 Å². The van der Waals surface area contributed by atoms with Gasteiger partial charge in [0.05, 0.1) is 0 Å². The number of piperazine rings is 1. The fourth-order valence-electron chi connectivity index (χ4n) is 1.19. The van der Waals surface area contributed by atoms with Gasteiger partial charge in [0, 0.05) is 13.1 Å². The van der Waals surface area contributed by atoms with E-state index >= 15 is 0 Å². The molecule has 0 radical (unpaired) electrons. The molecule has 1 aliphatic rings. The molecular weight excluding hydrogens is 162 g/mol. The van der Waals surface area contributed by atoms with E-state index in [0.717, 1.165) is 0 Å². The van der Waals surface area contributed by atoms with Crippen molar-refractivity contribution in [1.82, 2.24) is 10.6 Å². The Hall–Kier alpha value is -1.14. The Labute approximate surface area is 69.1 Å². The fraction of sp³-hybridized carbons (Fsp3) is 0.667. The van der Waals surface area contributed by atoms with Crippen LogP contribution < -0.4 is 16.4 Å². The van der Waals surface area contributed by atoms with Crippen molar-refractivity contribution in [2.75, 3.05) is 13.1 Å². The summed E-state index contributed by atoms with van der Waals surface area (Å²) in [5, 5.41) is 14.1. The van der Waals surface area contributed by atoms with Gasteiger partial charge in [-0.05, 0) is 0 Å². The van der Waals surface area contributed by atoms with Crippen LogP contribution in [0.3, 0.4) is 0 Å². The van der Waals surface area contributed by atoms with E-state index < -0.39 is 24.0 Å². The summed E-state index contributed by atoms with van der Waals surface area (Å²) in [6, 6.07) is -1.72. The molecule has 68 valence electrons. The minimum Gasteiger partial charge on any atom is -0.480 e. The van der Waals surface area contributed by atoms with E-state index in [1.165, 1.54) is 0 Å². The molecule has 0 aliphatic carbocycles. The molecule has 6 nitrogen and oxygen atoms in total. The summed E-state index contributed by atoms with van der Waals surface area (Å²) in [5.74, 6) is -1.71. The first-order valence-electron chi connectivity index (χ1n) is 3.62. The third-order valence-corrected chi connectivity index (χ3v) is 1.76. The zero-order valence-electron chi connectivity index (χ0n) is 6.41. The van der Waals surface area contributed by atoms with E-state index in [9.17, 15) is 9.59 Å². The number of nitrogens with two attached hydrogens (primary N) is 1. The van der Waals surface area contributed by atoms with Crippen molar-refractivity contribution in [3.63, 3.8) is 0 Å². The number of hydrogen-bond acceptors (Lipinski definition) is 4. The lowest BCUT2D eigenvalue weighted by Crippen LogP contribution is -2.63. The molecule has 1 rings (SSSR count). The average Bonchev–Trinajstić information content (AvgIpc) is 2.04. The Morgan fingerprint density at radius 1 is 1.25 bits per heavy atom. The highest BCUT2D eigenvalue weighted by Crippen LogP contribution is 1.97. The highest BCUT2D eigenvalue weighted by molar-refractivity contribution is 5.88. The molecule has 0 spiro atoms. The van der Waals surface area contributed by atoms with Gasteiger partial charge in [-0.3, -0.25) is 9.59 Å². The highest BCUT2D eigenvalue weighted by Gasteiger charge is 2.33. The molecule has 5 N–H and O–H groups in total. The summed E-state index contributed by atoms with van der Waals surface area (Å²) >= 11 is 0. The lowest BCUT2D eigenvalue weighted by atomic mass is 10.1. The summed E-state index contributed by atoms with van der Waals surface area (Å²) in [4.78, 5) is 21.3. The average molecular weight is 173 g/mol. The molecule has 1 saturated heterocycles. The van der Waals surface area contributed by atoms with Crippen LogP contribution in [0.2, 0.25) is 0 Å². The van der Waals surface area contributed by atoms with Crippen LogP contribution in [0.25, 0.3) is 0 Å². The second kappa shape index (κ2) is 3.51. The zero-order chi connectivity index (χ0) is 9.14. The van der Waals surface area contributed by atoms with Gasteiger partial charge in [0.15, 0.2) is 0 Å². The molecule has 2 atom stereocenters. The van der Waals surface area contributed by atoms with Gasteiger partial charge in [0.25, 0.3) is 0 Å². The van der Waals surface area contributed by atoms with Gasteiger partial charge in [0.2, 0.25) is 5.91 Å². The molecule has 1 fully saturated rings. The summed E-state index contributed by atoms with van der Waals surface area (Å²) in [5.41, 5.74) is 4.99. The number of carbonyl (C=O) groups is 2. The van der Waals surface area contributed by atoms with Crippen molar-refractivity contribution in [2.45, 2.75) is 12.1 Å². The highest BCUT2D eigenvalue weighted by atomic mass is 16.4. The molecule has 1 aliphatic heterocycles. The molecule has 0 unspecified atom stereocenters. The summed E-state index contributed by atoms with van der Waals surface area (Å²) < 4.78 is 0. The quantitative estimate of drug-likeness (QED) is 0.369. The van der Waals surface area contributed by atoms with Crippen LogP contribution in [0.15, 0.2) is 0 Å². The summed E-state index contributed by atoms with van der Waals surface area (Å²) in [7, 11) is 0. The van der Waals surface area contributed by atoms with Crippen molar-refractivity contribution in [1.29, 1.82) is 0 Å². The van der Waals surface area contributed by atoms with Gasteiger partial charge in [-0.2, -0.15) is 0 Å². The monoisotopic (exact) mass is 173 g/mol. The first kappa shape index (κ1) is 8.95. The molecule has 0 aromatic rings. The minimum atomic E-state index is -1.06. The van der Waals surface area contributed by atoms with Crippen LogP contribution in [0.5, 0.6) is 0 Å². The summed E-state index contributed by atoms with van der Waals surface area (Å²) in [6.07, 6.45) is 0. The van der Waals surface area contributed by atoms with E-state index in [4.69, 9.17) is 10.8 Å². The van der Waals surface area contributed by atoms with Gasteiger partial charge in [-0.1, -0.05) is 0 Å². The number of amides is 1. The Morgan fingerprint density at radius 2 is 1.75 bits per heavy atom. The van der Waals surface area contributed by atoms with Crippen LogP contribution in [0, 0.1) is 0 Å². The van der Waals surface area contributed by atoms with Gasteiger partial charge in [0.1, 0.15) is 12.1 Å². The van der Waals surface area contributed by atoms with E-state index in [0.29, 0.717) is 13.1 Å². The Kier molecular flexibility index (Phi) is 2.61. The fourth-order valence-corrected chi connectivity index (χ4v) is 1.19. The van der Waals surface area contributed by atoms with Gasteiger partial charge in [-0.25, -0.2) is 0 Å². The van der Waals surface area contributed by atoms with Crippen LogP contribution in [0.4, 0.5) is 0 Å². The lowest BCUT2D eigenvalue weighted by molar-refractivity contribution is -0.143. The number of aliphatic carboxylic acids is 1. The Bertz CT molecular complexity index is 184. The first-order valence-corrected chi connectivity index (χ1v) is 3.62. The zero-order valence-corrected chi connectivity index (χ0v) is 6.41. The van der Waals surface area contributed by atoms with E-state index in [2.05, 4.69) is 10.6 Å². The number of carbonyl (C=O) groups excluding carboxylic acids is 1. The topological polar surface area (TPSA) is 104 Å². The van der Waals surface area contributed by atoms with Gasteiger partial charge < -0.3 is 21.5 Å². The second-order valence-electron chi connectivity index (χ2n) is 2.60. The first-order chi connectivity index (χ1) is 5.63. The van der Waals surface area contributed by atoms with Crippen LogP contribution in [-0.4, -0.2) is 42.2 Å². The van der Waals surface area contributed by atoms with Crippen LogP contribution >= 0.6 is 0 Å². The molecule has 6 heteroatoms. The largest absolute Gasteiger partial charge is 0.480 e. The van der Waals surface area contributed by atoms with Crippen LogP contribution in [0.1, 0.15) is 0 Å². The number of hydrogen-bond donors (Lipinski definition) is 4. The van der Waals surface area contributed by atoms with Crippen molar-refractivity contribution >= 4 is 11.9 Å². The second-order valence-corrected chi connectivity index (χ2v) is 2.60. The molecular formula is C6H11N3O3. The molecule has 0 aromatic heterocycles. The molecule has 0 saturated carbocycles. The molecule has 1 amide bonds. The number of rotatable bonds is 2. The molecule has 1 heterocycles. The maximum absolute atomic E-state index is 10.7. The van der Waals surface area contributed by atoms with Gasteiger partial charge >= 0.3 is 5.97 Å². The van der Waals surface area contributed by atoms with Crippen molar-refractivity contribution < 1.29 is 14.7 Å². The standard InChI is InChI=1S/C6H11N3O3/c7-5(10)3-4(6(11)12)9-2-1-8-3/h3-4,8-9H,1-2H2,(H2,7,10)(H,11,12)/t3-,4+/m0/s1. The normalized spacial score (nSPS) is 29.7. The molecule has 12 heavy (non-hydrogen) atoms. The smallest absolute Gasteiger partial charge is 0.322 e.